The molecular formula is C24H35NO11. The first-order chi connectivity index (χ1) is 17.1. The Morgan fingerprint density at radius 3 is 2.14 bits per heavy atom. The van der Waals surface area contributed by atoms with Crippen LogP contribution < -0.4 is 0 Å². The van der Waals surface area contributed by atoms with Crippen LogP contribution in [0.3, 0.4) is 0 Å². The van der Waals surface area contributed by atoms with Crippen molar-refractivity contribution in [3.05, 3.63) is 11.8 Å². The summed E-state index contributed by atoms with van der Waals surface area (Å²) < 4.78 is 31.8. The van der Waals surface area contributed by atoms with Gasteiger partial charge >= 0.3 is 6.16 Å². The lowest BCUT2D eigenvalue weighted by Gasteiger charge is -2.23. The summed E-state index contributed by atoms with van der Waals surface area (Å²) in [5, 5.41) is 9.82. The van der Waals surface area contributed by atoms with Gasteiger partial charge in [-0.05, 0) is 39.7 Å². The molecule has 0 spiro atoms. The van der Waals surface area contributed by atoms with Crippen molar-refractivity contribution in [1.82, 2.24) is 5.06 Å². The average Bonchev–Trinajstić information content (AvgIpc) is 3.66. The second kappa shape index (κ2) is 11.0. The van der Waals surface area contributed by atoms with Gasteiger partial charge in [0.25, 0.3) is 11.8 Å². The molecule has 6 rings (SSSR count). The van der Waals surface area contributed by atoms with Crippen molar-refractivity contribution in [2.24, 2.45) is 11.8 Å². The molecule has 202 valence electrons. The Balaban J connectivity index is 0.000000156. The smallest absolute Gasteiger partial charge is 0.498 e. The van der Waals surface area contributed by atoms with E-state index in [0.717, 1.165) is 38.2 Å². The number of hydrogen-bond acceptors (Lipinski definition) is 11. The highest BCUT2D eigenvalue weighted by atomic mass is 16.8. The monoisotopic (exact) mass is 513 g/mol. The van der Waals surface area contributed by atoms with Crippen molar-refractivity contribution in [3.8, 4) is 0 Å². The summed E-state index contributed by atoms with van der Waals surface area (Å²) in [7, 11) is 0. The molecule has 6 heterocycles. The van der Waals surface area contributed by atoms with Crippen molar-refractivity contribution in [2.75, 3.05) is 33.0 Å². The van der Waals surface area contributed by atoms with Crippen LogP contribution in [-0.2, 0) is 42.8 Å². The minimum atomic E-state index is -1.07. The second-order valence-electron chi connectivity index (χ2n) is 9.74. The molecule has 0 aromatic rings. The number of carbonyl (C=O) groups is 3. The number of fused-ring (bicyclic) bond motifs is 2. The number of allylic oxidation sites excluding steroid dienone is 1. The number of aliphatic hydroxyl groups is 1. The van der Waals surface area contributed by atoms with Crippen LogP contribution in [0.4, 0.5) is 4.79 Å². The first kappa shape index (κ1) is 26.8. The van der Waals surface area contributed by atoms with Gasteiger partial charge in [-0.15, -0.1) is 0 Å². The minimum absolute atomic E-state index is 0.0488. The highest BCUT2D eigenvalue weighted by molar-refractivity contribution is 6.01. The Kier molecular flexibility index (Phi) is 8.20. The lowest BCUT2D eigenvalue weighted by Crippen LogP contribution is -2.36. The predicted octanol–water partition coefficient (Wildman–Crippen LogP) is 1.80. The summed E-state index contributed by atoms with van der Waals surface area (Å²) in [4.78, 5) is 38.9. The van der Waals surface area contributed by atoms with Crippen molar-refractivity contribution in [2.45, 2.75) is 76.7 Å². The average molecular weight is 514 g/mol. The molecule has 1 N–H and O–H groups in total. The molecule has 0 aromatic carbocycles. The molecule has 0 unspecified atom stereocenters. The maximum Gasteiger partial charge on any atom is 0.534 e. The second-order valence-corrected chi connectivity index (χ2v) is 9.74. The molecule has 12 nitrogen and oxygen atoms in total. The van der Waals surface area contributed by atoms with Gasteiger partial charge in [0.05, 0.1) is 50.8 Å². The largest absolute Gasteiger partial charge is 0.534 e. The molecule has 0 bridgehead atoms. The maximum absolute atomic E-state index is 11.7. The highest BCUT2D eigenvalue weighted by Crippen LogP contribution is 2.42. The molecule has 0 saturated carbocycles. The van der Waals surface area contributed by atoms with Gasteiger partial charge in [0.1, 0.15) is 6.10 Å². The fourth-order valence-electron chi connectivity index (χ4n) is 5.14. The molecule has 0 aliphatic carbocycles. The molecule has 36 heavy (non-hydrogen) atoms. The van der Waals surface area contributed by atoms with Crippen molar-refractivity contribution in [1.29, 1.82) is 0 Å². The van der Waals surface area contributed by atoms with E-state index < -0.39 is 35.6 Å². The quantitative estimate of drug-likeness (QED) is 0.427. The van der Waals surface area contributed by atoms with Crippen molar-refractivity contribution >= 4 is 18.0 Å². The Morgan fingerprint density at radius 2 is 1.58 bits per heavy atom. The van der Waals surface area contributed by atoms with E-state index in [1.165, 1.54) is 0 Å². The van der Waals surface area contributed by atoms with Crippen LogP contribution in [0.15, 0.2) is 11.8 Å². The standard InChI is InChI=1S/C12H15NO7.C7H12O3.C5H8O/c1-12-7(4-5-17-12)8(6-18-12)19-11(16)20-13-9(14)2-3-10(13)15;1-7-5(2-3-9-7)6(8)4-10-7;1-5-3-2-4-6-5/h7-8H,2-6H2,1H3;5-6,8H,2-4H2,1H3;3H,2,4H2,1H3/t7-,8-,12+;5-,6-,7+;/m00./s1. The molecule has 6 atom stereocenters. The summed E-state index contributed by atoms with van der Waals surface area (Å²) in [6.07, 6.45) is 3.06. The Hall–Kier alpha value is -2.25. The summed E-state index contributed by atoms with van der Waals surface area (Å²) in [6.45, 7) is 8.48. The van der Waals surface area contributed by atoms with Gasteiger partial charge in [0.15, 0.2) is 11.6 Å². The highest BCUT2D eigenvalue weighted by Gasteiger charge is 2.53. The number of hydrogen-bond donors (Lipinski definition) is 1. The van der Waals surface area contributed by atoms with E-state index in [4.69, 9.17) is 28.4 Å². The fourth-order valence-corrected chi connectivity index (χ4v) is 5.14. The van der Waals surface area contributed by atoms with Crippen LogP contribution in [0.1, 0.15) is 52.9 Å². The molecule has 12 heteroatoms. The van der Waals surface area contributed by atoms with Gasteiger partial charge in [0, 0.05) is 25.2 Å². The number of aliphatic hydroxyl groups excluding tert-OH is 1. The van der Waals surface area contributed by atoms with E-state index in [1.54, 1.807) is 6.92 Å². The summed E-state index contributed by atoms with van der Waals surface area (Å²) in [6, 6.07) is 0. The number of rotatable bonds is 2. The van der Waals surface area contributed by atoms with Crippen LogP contribution in [-0.4, -0.2) is 85.0 Å². The number of carbonyl (C=O) groups excluding carboxylic acids is 3. The van der Waals surface area contributed by atoms with Crippen LogP contribution in [0, 0.1) is 11.8 Å². The third-order valence-corrected chi connectivity index (χ3v) is 7.27. The first-order valence-corrected chi connectivity index (χ1v) is 12.4. The van der Waals surface area contributed by atoms with Gasteiger partial charge < -0.3 is 33.5 Å². The van der Waals surface area contributed by atoms with E-state index in [-0.39, 0.29) is 37.4 Å². The van der Waals surface area contributed by atoms with E-state index in [9.17, 15) is 19.5 Å². The molecule has 6 aliphatic rings. The SMILES string of the molecule is CC1=CCCO1.C[C@]12OCC[C@H]1[C@@H](O)CO2.C[C@]12OCC[C@H]1[C@@H](OC(=O)ON1C(=O)CCC1=O)CO2. The van der Waals surface area contributed by atoms with Gasteiger partial charge in [-0.3, -0.25) is 14.4 Å². The molecular weight excluding hydrogens is 478 g/mol. The molecule has 0 aromatic heterocycles. The molecule has 5 saturated heterocycles. The summed E-state index contributed by atoms with van der Waals surface area (Å²) in [5.74, 6) is -1.07. The zero-order valence-electron chi connectivity index (χ0n) is 20.9. The van der Waals surface area contributed by atoms with Crippen molar-refractivity contribution in [3.63, 3.8) is 0 Å². The normalized spacial score (nSPS) is 38.3. The van der Waals surface area contributed by atoms with E-state index in [1.807, 2.05) is 13.8 Å². The Labute approximate surface area is 209 Å². The molecule has 6 aliphatic heterocycles. The van der Waals surface area contributed by atoms with Crippen LogP contribution in [0.25, 0.3) is 0 Å². The van der Waals surface area contributed by atoms with Crippen LogP contribution in [0.2, 0.25) is 0 Å². The van der Waals surface area contributed by atoms with Gasteiger partial charge in [-0.25, -0.2) is 4.79 Å². The third kappa shape index (κ3) is 5.83. The Bertz CT molecular complexity index is 862. The Morgan fingerprint density at radius 1 is 0.972 bits per heavy atom. The minimum Gasteiger partial charge on any atom is -0.498 e. The van der Waals surface area contributed by atoms with Gasteiger partial charge in [-0.2, -0.15) is 0 Å². The first-order valence-electron chi connectivity index (χ1n) is 12.4. The van der Waals surface area contributed by atoms with Crippen LogP contribution >= 0.6 is 0 Å². The van der Waals surface area contributed by atoms with E-state index in [0.29, 0.717) is 18.3 Å². The van der Waals surface area contributed by atoms with Crippen molar-refractivity contribution < 1.29 is 52.7 Å². The number of ether oxygens (including phenoxy) is 6. The number of nitrogens with zero attached hydrogens (tertiary/aromatic N) is 1. The maximum atomic E-state index is 11.7. The lowest BCUT2D eigenvalue weighted by molar-refractivity contribution is -0.182. The third-order valence-electron chi connectivity index (χ3n) is 7.27. The van der Waals surface area contributed by atoms with Gasteiger partial charge in [-0.1, -0.05) is 5.06 Å². The number of amides is 2. The zero-order valence-corrected chi connectivity index (χ0v) is 20.9. The zero-order chi connectivity index (χ0) is 25.9. The van der Waals surface area contributed by atoms with E-state index in [2.05, 4.69) is 10.9 Å². The number of hydroxylamine groups is 2. The molecule has 5 fully saturated rings. The predicted molar refractivity (Wildman–Crippen MR) is 120 cm³/mol. The van der Waals surface area contributed by atoms with E-state index >= 15 is 0 Å². The fraction of sp³-hybridized carbons (Fsp3) is 0.792. The topological polar surface area (TPSA) is 139 Å². The summed E-state index contributed by atoms with van der Waals surface area (Å²) >= 11 is 0. The van der Waals surface area contributed by atoms with Crippen LogP contribution in [0.5, 0.6) is 0 Å². The van der Waals surface area contributed by atoms with Gasteiger partial charge in [0.2, 0.25) is 0 Å². The molecule has 2 amide bonds. The number of imide groups is 1. The molecule has 0 radical (unpaired) electrons. The summed E-state index contributed by atoms with van der Waals surface area (Å²) in [5.41, 5.74) is 0. The lowest BCUT2D eigenvalue weighted by atomic mass is 9.96.